The molecule has 130 valence electrons. The van der Waals surface area contributed by atoms with Crippen molar-refractivity contribution < 1.29 is 22.0 Å². The Morgan fingerprint density at radius 1 is 1.24 bits per heavy atom. The van der Waals surface area contributed by atoms with Crippen LogP contribution in [0.5, 0.6) is 0 Å². The van der Waals surface area contributed by atoms with Gasteiger partial charge in [-0.25, -0.2) is 22.2 Å². The van der Waals surface area contributed by atoms with E-state index in [-0.39, 0.29) is 31.6 Å². The van der Waals surface area contributed by atoms with E-state index in [1.807, 2.05) is 0 Å². The quantitative estimate of drug-likeness (QED) is 0.748. The third-order valence-corrected chi connectivity index (χ3v) is 6.12. The molecule has 0 saturated carbocycles. The molecular weight excluding hydrogens is 370 g/mol. The van der Waals surface area contributed by atoms with Crippen LogP contribution in [-0.4, -0.2) is 25.1 Å². The van der Waals surface area contributed by atoms with E-state index < -0.39 is 27.4 Å². The van der Waals surface area contributed by atoms with E-state index in [9.17, 15) is 22.0 Å². The molecule has 3 rings (SSSR count). The maximum absolute atomic E-state index is 13.7. The first-order chi connectivity index (χ1) is 11.8. The minimum atomic E-state index is -3.44. The molecule has 1 heterocycles. The van der Waals surface area contributed by atoms with Gasteiger partial charge >= 0.3 is 0 Å². The minimum Gasteiger partial charge on any atom is -0.298 e. The van der Waals surface area contributed by atoms with Gasteiger partial charge in [0.2, 0.25) is 0 Å². The molecule has 3 aromatic rings. The standard InChI is InChI=1S/C16H12F2N2O3S2/c1-2-25(22,23)11-5-3-4-9(6-11)15(21)20-16-19-14-12(18)7-10(17)8-13(14)24-16/h3-8H,2H2,1H3,(H,19,20,21). The molecule has 2 aromatic carbocycles. The number of anilines is 1. The molecule has 0 fully saturated rings. The highest BCUT2D eigenvalue weighted by Crippen LogP contribution is 2.29. The first-order valence-corrected chi connectivity index (χ1v) is 9.67. The summed E-state index contributed by atoms with van der Waals surface area (Å²) in [6.07, 6.45) is 0. The Bertz CT molecular complexity index is 1080. The van der Waals surface area contributed by atoms with Crippen LogP contribution in [0, 0.1) is 11.6 Å². The van der Waals surface area contributed by atoms with Gasteiger partial charge in [-0.3, -0.25) is 10.1 Å². The van der Waals surface area contributed by atoms with E-state index in [1.165, 1.54) is 31.2 Å². The highest BCUT2D eigenvalue weighted by Gasteiger charge is 2.16. The summed E-state index contributed by atoms with van der Waals surface area (Å²) in [5, 5.41) is 2.57. The topological polar surface area (TPSA) is 76.1 Å². The van der Waals surface area contributed by atoms with Crippen molar-refractivity contribution in [2.75, 3.05) is 11.1 Å². The van der Waals surface area contributed by atoms with Crippen LogP contribution < -0.4 is 5.32 Å². The molecule has 0 atom stereocenters. The second-order valence-electron chi connectivity index (χ2n) is 5.14. The van der Waals surface area contributed by atoms with Crippen molar-refractivity contribution in [3.63, 3.8) is 0 Å². The maximum atomic E-state index is 13.7. The van der Waals surface area contributed by atoms with E-state index in [2.05, 4.69) is 10.3 Å². The number of carbonyl (C=O) groups is 1. The zero-order valence-electron chi connectivity index (χ0n) is 12.9. The van der Waals surface area contributed by atoms with Crippen LogP contribution in [0.1, 0.15) is 17.3 Å². The molecule has 0 aliphatic carbocycles. The molecule has 0 spiro atoms. The average molecular weight is 382 g/mol. The third kappa shape index (κ3) is 3.52. The van der Waals surface area contributed by atoms with Crippen molar-refractivity contribution in [2.24, 2.45) is 0 Å². The van der Waals surface area contributed by atoms with Crippen molar-refractivity contribution >= 4 is 42.4 Å². The number of hydrogen-bond donors (Lipinski definition) is 1. The van der Waals surface area contributed by atoms with Crippen molar-refractivity contribution in [3.8, 4) is 0 Å². The van der Waals surface area contributed by atoms with E-state index in [4.69, 9.17) is 0 Å². The maximum Gasteiger partial charge on any atom is 0.257 e. The number of aromatic nitrogens is 1. The van der Waals surface area contributed by atoms with Crippen LogP contribution in [0.15, 0.2) is 41.3 Å². The zero-order valence-corrected chi connectivity index (χ0v) is 14.5. The van der Waals surface area contributed by atoms with Crippen molar-refractivity contribution in [1.82, 2.24) is 4.98 Å². The summed E-state index contributed by atoms with van der Waals surface area (Å²) in [6.45, 7) is 1.51. The number of sulfone groups is 1. The van der Waals surface area contributed by atoms with Crippen LogP contribution in [0.25, 0.3) is 10.2 Å². The van der Waals surface area contributed by atoms with Crippen LogP contribution >= 0.6 is 11.3 Å². The number of thiazole rings is 1. The molecule has 0 bridgehead atoms. The van der Waals surface area contributed by atoms with E-state index in [0.717, 1.165) is 17.4 Å². The number of rotatable bonds is 4. The monoisotopic (exact) mass is 382 g/mol. The van der Waals surface area contributed by atoms with Gasteiger partial charge in [0.15, 0.2) is 20.8 Å². The largest absolute Gasteiger partial charge is 0.298 e. The second kappa shape index (κ2) is 6.49. The zero-order chi connectivity index (χ0) is 18.2. The fourth-order valence-electron chi connectivity index (χ4n) is 2.18. The van der Waals surface area contributed by atoms with Crippen molar-refractivity contribution in [2.45, 2.75) is 11.8 Å². The number of amides is 1. The van der Waals surface area contributed by atoms with Crippen LogP contribution in [-0.2, 0) is 9.84 Å². The van der Waals surface area contributed by atoms with Crippen LogP contribution in [0.3, 0.4) is 0 Å². The molecule has 5 nitrogen and oxygen atoms in total. The Balaban J connectivity index is 1.90. The van der Waals surface area contributed by atoms with Crippen LogP contribution in [0.2, 0.25) is 0 Å². The smallest absolute Gasteiger partial charge is 0.257 e. The Morgan fingerprint density at radius 3 is 2.72 bits per heavy atom. The van der Waals surface area contributed by atoms with E-state index in [1.54, 1.807) is 0 Å². The number of nitrogens with one attached hydrogen (secondary N) is 1. The van der Waals surface area contributed by atoms with Gasteiger partial charge in [-0.05, 0) is 24.3 Å². The molecule has 1 aromatic heterocycles. The second-order valence-corrected chi connectivity index (χ2v) is 8.45. The summed E-state index contributed by atoms with van der Waals surface area (Å²) >= 11 is 0.922. The lowest BCUT2D eigenvalue weighted by molar-refractivity contribution is 0.102. The van der Waals surface area contributed by atoms with Gasteiger partial charge in [0.25, 0.3) is 5.91 Å². The predicted octanol–water partition coefficient (Wildman–Crippen LogP) is 3.62. The first-order valence-electron chi connectivity index (χ1n) is 7.20. The lowest BCUT2D eigenvalue weighted by atomic mass is 10.2. The highest BCUT2D eigenvalue weighted by molar-refractivity contribution is 7.91. The highest BCUT2D eigenvalue weighted by atomic mass is 32.2. The number of halogens is 2. The van der Waals surface area contributed by atoms with Gasteiger partial charge in [-0.15, -0.1) is 0 Å². The summed E-state index contributed by atoms with van der Waals surface area (Å²) < 4.78 is 50.9. The summed E-state index contributed by atoms with van der Waals surface area (Å²) in [5.74, 6) is -2.22. The van der Waals surface area contributed by atoms with Gasteiger partial charge in [-0.1, -0.05) is 24.3 Å². The fourth-order valence-corrected chi connectivity index (χ4v) is 4.00. The molecule has 0 radical (unpaired) electrons. The Morgan fingerprint density at radius 2 is 2.00 bits per heavy atom. The molecule has 1 amide bonds. The predicted molar refractivity (Wildman–Crippen MR) is 91.7 cm³/mol. The normalized spacial score (nSPS) is 11.6. The number of nitrogens with zero attached hydrogens (tertiary/aromatic N) is 1. The number of hydrogen-bond acceptors (Lipinski definition) is 5. The summed E-state index contributed by atoms with van der Waals surface area (Å²) in [4.78, 5) is 16.3. The minimum absolute atomic E-state index is 0.0380. The lowest BCUT2D eigenvalue weighted by Gasteiger charge is -2.05. The van der Waals surface area contributed by atoms with Gasteiger partial charge in [0.1, 0.15) is 11.3 Å². The average Bonchev–Trinajstić information content (AvgIpc) is 2.97. The molecule has 0 aliphatic heterocycles. The fraction of sp³-hybridized carbons (Fsp3) is 0.125. The Kier molecular flexibility index (Phi) is 4.53. The summed E-state index contributed by atoms with van der Waals surface area (Å²) in [5.41, 5.74) is 0.0874. The van der Waals surface area contributed by atoms with E-state index in [0.29, 0.717) is 6.07 Å². The molecule has 9 heteroatoms. The SMILES string of the molecule is CCS(=O)(=O)c1cccc(C(=O)Nc2nc3c(F)cc(F)cc3s2)c1. The van der Waals surface area contributed by atoms with Crippen molar-refractivity contribution in [3.05, 3.63) is 53.6 Å². The molecule has 1 N–H and O–H groups in total. The van der Waals surface area contributed by atoms with Gasteiger partial charge in [0.05, 0.1) is 15.3 Å². The molecule has 0 unspecified atom stereocenters. The Hall–Kier alpha value is -2.39. The number of fused-ring (bicyclic) bond motifs is 1. The van der Waals surface area contributed by atoms with Crippen LogP contribution in [0.4, 0.5) is 13.9 Å². The Labute approximate surface area is 146 Å². The number of carbonyl (C=O) groups excluding carboxylic acids is 1. The molecule has 0 aliphatic rings. The van der Waals surface area contributed by atoms with Gasteiger partial charge < -0.3 is 0 Å². The lowest BCUT2D eigenvalue weighted by Crippen LogP contribution is -2.13. The number of benzene rings is 2. The molecule has 0 saturated heterocycles. The third-order valence-electron chi connectivity index (χ3n) is 3.47. The summed E-state index contributed by atoms with van der Waals surface area (Å²) in [7, 11) is -3.44. The van der Waals surface area contributed by atoms with Crippen molar-refractivity contribution in [1.29, 1.82) is 0 Å². The van der Waals surface area contributed by atoms with Gasteiger partial charge in [-0.2, -0.15) is 0 Å². The first kappa shape index (κ1) is 17.4. The summed E-state index contributed by atoms with van der Waals surface area (Å²) in [6, 6.07) is 7.43. The molecular formula is C16H12F2N2O3S2. The van der Waals surface area contributed by atoms with E-state index >= 15 is 0 Å². The van der Waals surface area contributed by atoms with Gasteiger partial charge in [0, 0.05) is 11.6 Å². The molecule has 25 heavy (non-hydrogen) atoms.